The fourth-order valence-corrected chi connectivity index (χ4v) is 4.22. The van der Waals surface area contributed by atoms with Crippen molar-refractivity contribution in [1.29, 1.82) is 0 Å². The van der Waals surface area contributed by atoms with E-state index in [2.05, 4.69) is 0 Å². The second kappa shape index (κ2) is 7.04. The van der Waals surface area contributed by atoms with E-state index < -0.39 is 17.4 Å². The Morgan fingerprint density at radius 1 is 1.16 bits per heavy atom. The molecule has 1 amide bonds. The molecule has 1 aliphatic carbocycles. The van der Waals surface area contributed by atoms with Crippen LogP contribution in [-0.4, -0.2) is 54.8 Å². The third kappa shape index (κ3) is 3.11. The van der Waals surface area contributed by atoms with Crippen molar-refractivity contribution >= 4 is 11.9 Å². The summed E-state index contributed by atoms with van der Waals surface area (Å²) in [6, 6.07) is 6.77. The van der Waals surface area contributed by atoms with Crippen molar-refractivity contribution in [3.63, 3.8) is 0 Å². The van der Waals surface area contributed by atoms with Gasteiger partial charge in [0.25, 0.3) is 0 Å². The second-order valence-corrected chi connectivity index (χ2v) is 6.92. The first kappa shape index (κ1) is 17.7. The highest BCUT2D eigenvalue weighted by Crippen LogP contribution is 2.44. The van der Waals surface area contributed by atoms with Crippen molar-refractivity contribution in [3.8, 4) is 5.75 Å². The van der Waals surface area contributed by atoms with Crippen LogP contribution in [0.3, 0.4) is 0 Å². The van der Waals surface area contributed by atoms with Gasteiger partial charge >= 0.3 is 5.97 Å². The summed E-state index contributed by atoms with van der Waals surface area (Å²) in [5, 5.41) is 9.55. The predicted molar refractivity (Wildman–Crippen MR) is 91.7 cm³/mol. The van der Waals surface area contributed by atoms with Crippen molar-refractivity contribution < 1.29 is 24.2 Å². The molecule has 2 aliphatic rings. The van der Waals surface area contributed by atoms with E-state index in [1.807, 2.05) is 24.3 Å². The molecule has 0 radical (unpaired) electrons. The zero-order valence-electron chi connectivity index (χ0n) is 14.7. The van der Waals surface area contributed by atoms with Gasteiger partial charge in [-0.2, -0.15) is 0 Å². The molecule has 0 aromatic heterocycles. The van der Waals surface area contributed by atoms with Gasteiger partial charge in [0.1, 0.15) is 11.8 Å². The Morgan fingerprint density at radius 3 is 2.32 bits per heavy atom. The van der Waals surface area contributed by atoms with E-state index in [-0.39, 0.29) is 12.0 Å². The average Bonchev–Trinajstić information content (AvgIpc) is 3.29. The van der Waals surface area contributed by atoms with Crippen LogP contribution in [0.4, 0.5) is 0 Å². The molecule has 25 heavy (non-hydrogen) atoms. The van der Waals surface area contributed by atoms with Crippen LogP contribution in [-0.2, 0) is 19.7 Å². The Kier molecular flexibility index (Phi) is 4.99. The first-order valence-electron chi connectivity index (χ1n) is 8.73. The highest BCUT2D eigenvalue weighted by Gasteiger charge is 2.50. The Bertz CT molecular complexity index is 636. The van der Waals surface area contributed by atoms with Crippen LogP contribution in [0.15, 0.2) is 24.3 Å². The summed E-state index contributed by atoms with van der Waals surface area (Å²) in [4.78, 5) is 26.6. The summed E-state index contributed by atoms with van der Waals surface area (Å²) in [6.07, 6.45) is 3.56. The van der Waals surface area contributed by atoms with Crippen LogP contribution in [0.25, 0.3) is 0 Å². The first-order valence-corrected chi connectivity index (χ1v) is 8.73. The molecule has 1 N–H and O–H groups in total. The van der Waals surface area contributed by atoms with Gasteiger partial charge in [0.15, 0.2) is 0 Å². The Balaban J connectivity index is 1.93. The monoisotopic (exact) mass is 347 g/mol. The second-order valence-electron chi connectivity index (χ2n) is 6.92. The Morgan fingerprint density at radius 2 is 1.80 bits per heavy atom. The van der Waals surface area contributed by atoms with Gasteiger partial charge in [0.2, 0.25) is 5.91 Å². The van der Waals surface area contributed by atoms with Gasteiger partial charge in [-0.05, 0) is 30.5 Å². The molecule has 1 saturated carbocycles. The van der Waals surface area contributed by atoms with E-state index in [1.165, 1.54) is 4.90 Å². The largest absolute Gasteiger partial charge is 0.497 e. The molecule has 2 fully saturated rings. The van der Waals surface area contributed by atoms with E-state index >= 15 is 0 Å². The maximum absolute atomic E-state index is 13.5. The number of carboxylic acid groups (broad SMARTS) is 1. The number of carboxylic acids is 1. The fraction of sp³-hybridized carbons (Fsp3) is 0.579. The Labute approximate surface area is 147 Å². The van der Waals surface area contributed by atoms with Gasteiger partial charge in [-0.25, -0.2) is 4.79 Å². The number of likely N-dealkylation sites (tertiary alicyclic amines) is 1. The number of aliphatic carboxylic acids is 1. The van der Waals surface area contributed by atoms with Gasteiger partial charge in [0, 0.05) is 20.1 Å². The third-order valence-corrected chi connectivity index (χ3v) is 5.65. The van der Waals surface area contributed by atoms with Crippen molar-refractivity contribution in [1.82, 2.24) is 4.90 Å². The van der Waals surface area contributed by atoms with Crippen molar-refractivity contribution in [3.05, 3.63) is 29.8 Å². The number of hydrogen-bond donors (Lipinski definition) is 1. The standard InChI is InChI=1S/C19H25NO5/c1-24-14-7-5-13(6-8-14)19(9-3-4-10-19)18(23)20-12-15(25-2)11-16(20)17(21)22/h5-8,15-16H,3-4,9-12H2,1-2H3,(H,21,22)/t15-,16-/m1/s1. The normalized spacial score (nSPS) is 25.1. The van der Waals surface area contributed by atoms with Crippen molar-refractivity contribution in [2.75, 3.05) is 20.8 Å². The van der Waals surface area contributed by atoms with E-state index in [1.54, 1.807) is 14.2 Å². The maximum Gasteiger partial charge on any atom is 0.326 e. The SMILES string of the molecule is COc1ccc(C2(C(=O)N3C[C@H](OC)C[C@@H]3C(=O)O)CCCC2)cc1. The molecule has 1 aliphatic heterocycles. The molecular formula is C19H25NO5. The van der Waals surface area contributed by atoms with Crippen LogP contribution in [0, 0.1) is 0 Å². The minimum atomic E-state index is -0.962. The van der Waals surface area contributed by atoms with E-state index in [4.69, 9.17) is 9.47 Å². The lowest BCUT2D eigenvalue weighted by molar-refractivity contribution is -0.150. The molecule has 0 bridgehead atoms. The van der Waals surface area contributed by atoms with Crippen LogP contribution < -0.4 is 4.74 Å². The lowest BCUT2D eigenvalue weighted by Gasteiger charge is -2.34. The summed E-state index contributed by atoms with van der Waals surface area (Å²) < 4.78 is 10.5. The molecule has 2 atom stereocenters. The lowest BCUT2D eigenvalue weighted by atomic mass is 9.77. The average molecular weight is 347 g/mol. The smallest absolute Gasteiger partial charge is 0.326 e. The third-order valence-electron chi connectivity index (χ3n) is 5.65. The number of carbonyl (C=O) groups excluding carboxylic acids is 1. The number of ether oxygens (including phenoxy) is 2. The lowest BCUT2D eigenvalue weighted by Crippen LogP contribution is -2.50. The van der Waals surface area contributed by atoms with Gasteiger partial charge < -0.3 is 19.5 Å². The molecular weight excluding hydrogens is 322 g/mol. The number of benzene rings is 1. The van der Waals surface area contributed by atoms with E-state index in [0.717, 1.165) is 37.0 Å². The van der Waals surface area contributed by atoms with Gasteiger partial charge in [-0.3, -0.25) is 4.79 Å². The molecule has 6 heteroatoms. The zero-order chi connectivity index (χ0) is 18.0. The molecule has 1 heterocycles. The zero-order valence-corrected chi connectivity index (χ0v) is 14.7. The topological polar surface area (TPSA) is 76.1 Å². The molecule has 1 saturated heterocycles. The quantitative estimate of drug-likeness (QED) is 0.884. The van der Waals surface area contributed by atoms with Crippen LogP contribution in [0.2, 0.25) is 0 Å². The number of amides is 1. The first-order chi connectivity index (χ1) is 12.0. The van der Waals surface area contributed by atoms with E-state index in [0.29, 0.717) is 13.0 Å². The van der Waals surface area contributed by atoms with Crippen LogP contribution in [0.1, 0.15) is 37.7 Å². The van der Waals surface area contributed by atoms with Gasteiger partial charge in [-0.15, -0.1) is 0 Å². The molecule has 0 unspecified atom stereocenters. The molecule has 6 nitrogen and oxygen atoms in total. The molecule has 1 aromatic carbocycles. The molecule has 0 spiro atoms. The van der Waals surface area contributed by atoms with Crippen molar-refractivity contribution in [2.24, 2.45) is 0 Å². The van der Waals surface area contributed by atoms with Crippen LogP contribution in [0.5, 0.6) is 5.75 Å². The van der Waals surface area contributed by atoms with Gasteiger partial charge in [0.05, 0.1) is 18.6 Å². The summed E-state index contributed by atoms with van der Waals surface area (Å²) in [6.45, 7) is 0.338. The summed E-state index contributed by atoms with van der Waals surface area (Å²) in [5.41, 5.74) is 0.309. The highest BCUT2D eigenvalue weighted by molar-refractivity contribution is 5.92. The maximum atomic E-state index is 13.5. The predicted octanol–water partition coefficient (Wildman–Crippen LogP) is 2.21. The Hall–Kier alpha value is -2.08. The minimum Gasteiger partial charge on any atom is -0.497 e. The van der Waals surface area contributed by atoms with Gasteiger partial charge in [-0.1, -0.05) is 25.0 Å². The highest BCUT2D eigenvalue weighted by atomic mass is 16.5. The molecule has 1 aromatic rings. The number of rotatable bonds is 5. The number of carbonyl (C=O) groups is 2. The number of nitrogens with zero attached hydrogens (tertiary/aromatic N) is 1. The van der Waals surface area contributed by atoms with Crippen LogP contribution >= 0.6 is 0 Å². The molecule has 136 valence electrons. The summed E-state index contributed by atoms with van der Waals surface area (Å²) in [7, 11) is 3.17. The minimum absolute atomic E-state index is 0.0814. The fourth-order valence-electron chi connectivity index (χ4n) is 4.22. The molecule has 3 rings (SSSR count). The summed E-state index contributed by atoms with van der Waals surface area (Å²) in [5.74, 6) is -0.300. The van der Waals surface area contributed by atoms with E-state index in [9.17, 15) is 14.7 Å². The summed E-state index contributed by atoms with van der Waals surface area (Å²) >= 11 is 0. The van der Waals surface area contributed by atoms with Crippen molar-refractivity contribution in [2.45, 2.75) is 49.7 Å². The number of methoxy groups -OCH3 is 2. The number of hydrogen-bond acceptors (Lipinski definition) is 4.